The number of carbonyl (C=O) groups excluding carboxylic acids is 1. The van der Waals surface area contributed by atoms with Crippen LogP contribution in [0, 0.1) is 27.7 Å². The summed E-state index contributed by atoms with van der Waals surface area (Å²) in [5.74, 6) is -0.0660. The number of para-hydroxylation sites is 2. The zero-order valence-electron chi connectivity index (χ0n) is 20.8. The number of aliphatic imine (C=N–C) groups is 1. The third kappa shape index (κ3) is 4.48. The van der Waals surface area contributed by atoms with Crippen molar-refractivity contribution >= 4 is 34.1 Å². The monoisotopic (exact) mass is 481 g/mol. The molecule has 2 heterocycles. The number of hydrogen-bond donors (Lipinski definition) is 1. The normalized spacial score (nSPS) is 13.3. The van der Waals surface area contributed by atoms with Crippen LogP contribution in [-0.2, 0) is 12.8 Å². The average Bonchev–Trinajstić information content (AvgIpc) is 3.35. The smallest absolute Gasteiger partial charge is 0.259 e. The predicted molar refractivity (Wildman–Crippen MR) is 147 cm³/mol. The van der Waals surface area contributed by atoms with Gasteiger partial charge in [-0.2, -0.15) is 0 Å². The van der Waals surface area contributed by atoms with Crippen LogP contribution >= 0.6 is 11.3 Å². The first-order valence-electron chi connectivity index (χ1n) is 12.2. The van der Waals surface area contributed by atoms with Crippen molar-refractivity contribution in [1.29, 1.82) is 0 Å². The Morgan fingerprint density at radius 2 is 1.69 bits per heavy atom. The molecular weight excluding hydrogens is 450 g/mol. The zero-order valence-corrected chi connectivity index (χ0v) is 21.6. The number of amides is 1. The Kier molecular flexibility index (Phi) is 6.44. The first-order chi connectivity index (χ1) is 16.9. The van der Waals surface area contributed by atoms with Crippen LogP contribution in [0.2, 0.25) is 0 Å². The van der Waals surface area contributed by atoms with Gasteiger partial charge >= 0.3 is 0 Å². The number of anilines is 1. The largest absolute Gasteiger partial charge is 0.322 e. The molecule has 0 atom stereocenters. The molecule has 0 aliphatic heterocycles. The van der Waals surface area contributed by atoms with Crippen molar-refractivity contribution in [3.8, 4) is 5.69 Å². The number of rotatable bonds is 5. The van der Waals surface area contributed by atoms with Gasteiger partial charge in [0.15, 0.2) is 0 Å². The highest BCUT2D eigenvalue weighted by Crippen LogP contribution is 2.40. The average molecular weight is 482 g/mol. The molecular formula is C30H31N3OS. The van der Waals surface area contributed by atoms with Crippen LogP contribution in [0.4, 0.5) is 10.7 Å². The molecule has 0 spiro atoms. The van der Waals surface area contributed by atoms with E-state index in [1.165, 1.54) is 39.4 Å². The summed E-state index contributed by atoms with van der Waals surface area (Å²) in [5.41, 5.74) is 9.87. The molecule has 0 saturated heterocycles. The first-order valence-corrected chi connectivity index (χ1v) is 13.1. The second kappa shape index (κ2) is 9.67. The van der Waals surface area contributed by atoms with Crippen molar-refractivity contribution < 1.29 is 4.79 Å². The summed E-state index contributed by atoms with van der Waals surface area (Å²) in [4.78, 5) is 19.6. The third-order valence-corrected chi connectivity index (χ3v) is 8.07. The minimum Gasteiger partial charge on any atom is -0.322 e. The molecule has 35 heavy (non-hydrogen) atoms. The number of carbonyl (C=O) groups is 1. The Hall–Kier alpha value is -3.44. The molecule has 0 saturated carbocycles. The van der Waals surface area contributed by atoms with Gasteiger partial charge in [-0.15, -0.1) is 11.3 Å². The highest BCUT2D eigenvalue weighted by atomic mass is 32.1. The molecule has 0 radical (unpaired) electrons. The van der Waals surface area contributed by atoms with E-state index in [4.69, 9.17) is 4.99 Å². The Labute approximate surface area is 211 Å². The van der Waals surface area contributed by atoms with Crippen LogP contribution in [-0.4, -0.2) is 16.7 Å². The van der Waals surface area contributed by atoms with E-state index in [1.54, 1.807) is 11.3 Å². The van der Waals surface area contributed by atoms with Crippen LogP contribution in [0.15, 0.2) is 59.6 Å². The van der Waals surface area contributed by atoms with Gasteiger partial charge in [-0.1, -0.05) is 36.4 Å². The van der Waals surface area contributed by atoms with Crippen LogP contribution < -0.4 is 5.32 Å². The number of fused-ring (bicyclic) bond motifs is 1. The number of nitrogens with zero attached hydrogens (tertiary/aromatic N) is 2. The van der Waals surface area contributed by atoms with E-state index in [0.29, 0.717) is 0 Å². The molecule has 1 N–H and O–H groups in total. The molecule has 4 aromatic rings. The fourth-order valence-corrected chi connectivity index (χ4v) is 6.37. The molecule has 2 aromatic heterocycles. The molecule has 1 aliphatic rings. The summed E-state index contributed by atoms with van der Waals surface area (Å²) >= 11 is 1.67. The SMILES string of the molecule is Cc1cccc(C)c1-n1c(C)cc(C=Nc2sc3c(c2C(=O)Nc2ccccc2)CCCC3)c1C. The zero-order chi connectivity index (χ0) is 24.5. The van der Waals surface area contributed by atoms with Crippen molar-refractivity contribution in [3.05, 3.63) is 98.7 Å². The molecule has 178 valence electrons. The molecule has 0 bridgehead atoms. The van der Waals surface area contributed by atoms with E-state index in [-0.39, 0.29) is 5.91 Å². The topological polar surface area (TPSA) is 46.4 Å². The van der Waals surface area contributed by atoms with Crippen molar-refractivity contribution in [2.45, 2.75) is 53.4 Å². The van der Waals surface area contributed by atoms with Gasteiger partial charge in [0.2, 0.25) is 0 Å². The van der Waals surface area contributed by atoms with Gasteiger partial charge in [-0.25, -0.2) is 4.99 Å². The van der Waals surface area contributed by atoms with Crippen molar-refractivity contribution in [1.82, 2.24) is 4.57 Å². The molecule has 0 fully saturated rings. The predicted octanol–water partition coefficient (Wildman–Crippen LogP) is 7.65. The van der Waals surface area contributed by atoms with Gasteiger partial charge in [0.25, 0.3) is 5.91 Å². The van der Waals surface area contributed by atoms with E-state index in [0.717, 1.165) is 46.8 Å². The Morgan fingerprint density at radius 3 is 2.43 bits per heavy atom. The standard InChI is InChI=1S/C30H31N3OS/c1-19-11-10-12-20(2)28(19)33-21(3)17-23(22(33)4)18-31-30-27(25-15-8-9-16-26(25)35-30)29(34)32-24-13-6-5-7-14-24/h5-7,10-14,17-18H,8-9,15-16H2,1-4H3,(H,32,34). The molecule has 5 heteroatoms. The molecule has 1 aliphatic carbocycles. The molecule has 2 aromatic carbocycles. The number of benzene rings is 2. The molecule has 5 rings (SSSR count). The van der Waals surface area contributed by atoms with Gasteiger partial charge in [0, 0.05) is 33.7 Å². The highest BCUT2D eigenvalue weighted by molar-refractivity contribution is 7.16. The number of hydrogen-bond acceptors (Lipinski definition) is 3. The Morgan fingerprint density at radius 1 is 0.971 bits per heavy atom. The van der Waals surface area contributed by atoms with Crippen LogP contribution in [0.5, 0.6) is 0 Å². The molecule has 0 unspecified atom stereocenters. The second-order valence-electron chi connectivity index (χ2n) is 9.37. The van der Waals surface area contributed by atoms with Gasteiger partial charge in [0.1, 0.15) is 5.00 Å². The lowest BCUT2D eigenvalue weighted by Gasteiger charge is -2.15. The van der Waals surface area contributed by atoms with Crippen LogP contribution in [0.25, 0.3) is 5.69 Å². The maximum absolute atomic E-state index is 13.4. The van der Waals surface area contributed by atoms with Crippen LogP contribution in [0.3, 0.4) is 0 Å². The Balaban J connectivity index is 1.52. The molecule has 4 nitrogen and oxygen atoms in total. The summed E-state index contributed by atoms with van der Waals surface area (Å²) < 4.78 is 2.31. The van der Waals surface area contributed by atoms with Gasteiger partial charge < -0.3 is 9.88 Å². The number of thiophene rings is 1. The Bertz CT molecular complexity index is 1410. The minimum absolute atomic E-state index is 0.0660. The van der Waals surface area contributed by atoms with Crippen molar-refractivity contribution in [3.63, 3.8) is 0 Å². The van der Waals surface area contributed by atoms with Crippen molar-refractivity contribution in [2.75, 3.05) is 5.32 Å². The lowest BCUT2D eigenvalue weighted by molar-refractivity contribution is 0.102. The lowest BCUT2D eigenvalue weighted by Crippen LogP contribution is -2.14. The number of nitrogens with one attached hydrogen (secondary N) is 1. The van der Waals surface area contributed by atoms with E-state index in [2.05, 4.69) is 61.8 Å². The fraction of sp³-hybridized carbons (Fsp3) is 0.267. The highest BCUT2D eigenvalue weighted by Gasteiger charge is 2.25. The van der Waals surface area contributed by atoms with Gasteiger partial charge in [0.05, 0.1) is 11.3 Å². The summed E-state index contributed by atoms with van der Waals surface area (Å²) in [5, 5.41) is 3.89. The van der Waals surface area contributed by atoms with E-state index < -0.39 is 0 Å². The summed E-state index contributed by atoms with van der Waals surface area (Å²) in [6, 6.07) is 18.3. The minimum atomic E-state index is -0.0660. The summed E-state index contributed by atoms with van der Waals surface area (Å²) in [7, 11) is 0. The first kappa shape index (κ1) is 23.3. The summed E-state index contributed by atoms with van der Waals surface area (Å²) in [6.45, 7) is 8.59. The fourth-order valence-electron chi connectivity index (χ4n) is 5.14. The maximum atomic E-state index is 13.4. The quantitative estimate of drug-likeness (QED) is 0.292. The summed E-state index contributed by atoms with van der Waals surface area (Å²) in [6.07, 6.45) is 6.20. The maximum Gasteiger partial charge on any atom is 0.259 e. The van der Waals surface area contributed by atoms with E-state index in [9.17, 15) is 4.79 Å². The number of aryl methyl sites for hydroxylation is 4. The van der Waals surface area contributed by atoms with Gasteiger partial charge in [-0.3, -0.25) is 4.79 Å². The third-order valence-electron chi connectivity index (χ3n) is 6.87. The second-order valence-corrected chi connectivity index (χ2v) is 10.5. The van der Waals surface area contributed by atoms with E-state index >= 15 is 0 Å². The van der Waals surface area contributed by atoms with Gasteiger partial charge in [-0.05, 0) is 88.3 Å². The molecule has 1 amide bonds. The van der Waals surface area contributed by atoms with Crippen LogP contribution in [0.1, 0.15) is 61.7 Å². The van der Waals surface area contributed by atoms with Crippen molar-refractivity contribution in [2.24, 2.45) is 4.99 Å². The number of aromatic nitrogens is 1. The lowest BCUT2D eigenvalue weighted by atomic mass is 9.95. The van der Waals surface area contributed by atoms with E-state index in [1.807, 2.05) is 36.5 Å².